The Bertz CT molecular complexity index is 793. The minimum Gasteiger partial charge on any atom is -0.380 e. The maximum atomic E-state index is 13.9. The molecule has 1 aliphatic carbocycles. The van der Waals surface area contributed by atoms with E-state index in [1.807, 2.05) is 6.07 Å². The van der Waals surface area contributed by atoms with E-state index in [1.165, 1.54) is 12.1 Å². The second-order valence-corrected chi connectivity index (χ2v) is 9.06. The largest absolute Gasteiger partial charge is 0.380 e. The third-order valence-corrected chi connectivity index (χ3v) is 6.85. The zero-order chi connectivity index (χ0) is 20.8. The monoisotopic (exact) mass is 403 g/mol. The van der Waals surface area contributed by atoms with Gasteiger partial charge in [0.2, 0.25) is 0 Å². The SMILES string of the molecule is CN(C)C(=O)N1C[C@H]2CN(C(=O)C3(O)CCCCC3)C[C@H]2[C@H]1c1cccc(F)c1. The van der Waals surface area contributed by atoms with Gasteiger partial charge in [-0.3, -0.25) is 4.79 Å². The lowest BCUT2D eigenvalue weighted by Crippen LogP contribution is -2.50. The number of carbonyl (C=O) groups excluding carboxylic acids is 2. The van der Waals surface area contributed by atoms with E-state index in [0.29, 0.717) is 32.5 Å². The van der Waals surface area contributed by atoms with Gasteiger partial charge >= 0.3 is 6.03 Å². The van der Waals surface area contributed by atoms with Crippen molar-refractivity contribution in [2.45, 2.75) is 43.7 Å². The molecule has 3 amide bonds. The summed E-state index contributed by atoms with van der Waals surface area (Å²) in [6.45, 7) is 1.56. The van der Waals surface area contributed by atoms with E-state index >= 15 is 0 Å². The molecule has 158 valence electrons. The van der Waals surface area contributed by atoms with Gasteiger partial charge in [-0.25, -0.2) is 9.18 Å². The zero-order valence-electron chi connectivity index (χ0n) is 17.2. The third-order valence-electron chi connectivity index (χ3n) is 6.85. The zero-order valence-corrected chi connectivity index (χ0v) is 17.2. The molecule has 3 fully saturated rings. The van der Waals surface area contributed by atoms with E-state index < -0.39 is 5.60 Å². The second-order valence-electron chi connectivity index (χ2n) is 9.06. The fourth-order valence-electron chi connectivity index (χ4n) is 5.43. The summed E-state index contributed by atoms with van der Waals surface area (Å²) in [7, 11) is 3.43. The van der Waals surface area contributed by atoms with Crippen molar-refractivity contribution < 1.29 is 19.1 Å². The summed E-state index contributed by atoms with van der Waals surface area (Å²) in [5.74, 6) is -0.333. The number of hydrogen-bond donors (Lipinski definition) is 1. The Morgan fingerprint density at radius 2 is 1.86 bits per heavy atom. The molecule has 3 atom stereocenters. The van der Waals surface area contributed by atoms with Crippen LogP contribution >= 0.6 is 0 Å². The first kappa shape index (κ1) is 20.1. The molecule has 3 aliphatic rings. The molecule has 1 saturated carbocycles. The molecule has 1 aromatic carbocycles. The molecule has 2 heterocycles. The predicted octanol–water partition coefficient (Wildman–Crippen LogP) is 2.63. The molecular weight excluding hydrogens is 373 g/mol. The quantitative estimate of drug-likeness (QED) is 0.826. The number of likely N-dealkylation sites (tertiary alicyclic amines) is 2. The Morgan fingerprint density at radius 3 is 2.52 bits per heavy atom. The highest BCUT2D eigenvalue weighted by Crippen LogP contribution is 2.46. The first-order valence-electron chi connectivity index (χ1n) is 10.6. The molecule has 0 bridgehead atoms. The molecule has 2 aliphatic heterocycles. The molecule has 1 aromatic rings. The van der Waals surface area contributed by atoms with E-state index in [-0.39, 0.29) is 35.6 Å². The maximum Gasteiger partial charge on any atom is 0.320 e. The minimum atomic E-state index is -1.25. The second kappa shape index (κ2) is 7.59. The van der Waals surface area contributed by atoms with E-state index in [9.17, 15) is 19.1 Å². The van der Waals surface area contributed by atoms with Crippen LogP contribution < -0.4 is 0 Å². The van der Waals surface area contributed by atoms with Crippen LogP contribution in [0.1, 0.15) is 43.7 Å². The van der Waals surface area contributed by atoms with E-state index in [1.54, 1.807) is 34.9 Å². The average Bonchev–Trinajstić information content (AvgIpc) is 3.25. The molecular formula is C22H30FN3O3. The Labute approximate surface area is 171 Å². The summed E-state index contributed by atoms with van der Waals surface area (Å²) in [6.07, 6.45) is 3.86. The van der Waals surface area contributed by atoms with Crippen molar-refractivity contribution in [1.29, 1.82) is 0 Å². The highest BCUT2D eigenvalue weighted by Gasteiger charge is 2.52. The Morgan fingerprint density at radius 1 is 1.14 bits per heavy atom. The van der Waals surface area contributed by atoms with Crippen molar-refractivity contribution in [2.75, 3.05) is 33.7 Å². The number of halogens is 1. The van der Waals surface area contributed by atoms with Crippen LogP contribution in [0, 0.1) is 17.7 Å². The third kappa shape index (κ3) is 3.61. The molecule has 0 spiro atoms. The average molecular weight is 403 g/mol. The van der Waals surface area contributed by atoms with E-state index in [0.717, 1.165) is 24.8 Å². The van der Waals surface area contributed by atoms with Crippen LogP contribution in [0.25, 0.3) is 0 Å². The van der Waals surface area contributed by atoms with Gasteiger partial charge in [-0.15, -0.1) is 0 Å². The van der Waals surface area contributed by atoms with E-state index in [2.05, 4.69) is 0 Å². The van der Waals surface area contributed by atoms with Gasteiger partial charge in [-0.1, -0.05) is 31.4 Å². The minimum absolute atomic E-state index is 0.0387. The normalized spacial score (nSPS) is 28.3. The maximum absolute atomic E-state index is 13.9. The van der Waals surface area contributed by atoms with Crippen molar-refractivity contribution >= 4 is 11.9 Å². The Hall–Kier alpha value is -2.15. The topological polar surface area (TPSA) is 64.1 Å². The highest BCUT2D eigenvalue weighted by molar-refractivity contribution is 5.85. The molecule has 29 heavy (non-hydrogen) atoms. The lowest BCUT2D eigenvalue weighted by atomic mass is 9.84. The van der Waals surface area contributed by atoms with Gasteiger partial charge < -0.3 is 19.8 Å². The van der Waals surface area contributed by atoms with Gasteiger partial charge in [0.1, 0.15) is 11.4 Å². The summed E-state index contributed by atoms with van der Waals surface area (Å²) in [6, 6.07) is 6.03. The summed E-state index contributed by atoms with van der Waals surface area (Å²) in [5, 5.41) is 10.9. The molecule has 0 unspecified atom stereocenters. The smallest absolute Gasteiger partial charge is 0.320 e. The number of nitrogens with zero attached hydrogens (tertiary/aromatic N) is 3. The van der Waals surface area contributed by atoms with Crippen LogP contribution in [0.4, 0.5) is 9.18 Å². The van der Waals surface area contributed by atoms with Gasteiger partial charge in [0.15, 0.2) is 0 Å². The van der Waals surface area contributed by atoms with Crippen LogP contribution in [0.3, 0.4) is 0 Å². The Balaban J connectivity index is 1.59. The number of rotatable bonds is 2. The first-order valence-corrected chi connectivity index (χ1v) is 10.6. The lowest BCUT2D eigenvalue weighted by Gasteiger charge is -2.36. The number of amides is 3. The van der Waals surface area contributed by atoms with Crippen molar-refractivity contribution in [3.8, 4) is 0 Å². The number of urea groups is 1. The number of hydrogen-bond acceptors (Lipinski definition) is 3. The predicted molar refractivity (Wildman–Crippen MR) is 107 cm³/mol. The summed E-state index contributed by atoms with van der Waals surface area (Å²) < 4.78 is 13.9. The van der Waals surface area contributed by atoms with E-state index in [4.69, 9.17) is 0 Å². The summed E-state index contributed by atoms with van der Waals surface area (Å²) in [4.78, 5) is 31.0. The number of benzene rings is 1. The van der Waals surface area contributed by atoms with Crippen LogP contribution in [0.15, 0.2) is 24.3 Å². The molecule has 0 radical (unpaired) electrons. The van der Waals surface area contributed by atoms with Crippen molar-refractivity contribution in [1.82, 2.24) is 14.7 Å². The number of fused-ring (bicyclic) bond motifs is 1. The summed E-state index contributed by atoms with van der Waals surface area (Å²) in [5.41, 5.74) is -0.483. The molecule has 4 rings (SSSR count). The van der Waals surface area contributed by atoms with Crippen molar-refractivity contribution in [2.24, 2.45) is 11.8 Å². The standard InChI is InChI=1S/C22H30FN3O3/c1-24(2)21(28)26-13-16-12-25(20(27)22(29)9-4-3-5-10-22)14-18(16)19(26)15-7-6-8-17(23)11-15/h6-8,11,16,18-19,29H,3-5,9-10,12-14H2,1-2H3/t16-,18-,19-/m1/s1. The fourth-order valence-corrected chi connectivity index (χ4v) is 5.43. The van der Waals surface area contributed by atoms with Gasteiger partial charge in [0.25, 0.3) is 5.91 Å². The Kier molecular flexibility index (Phi) is 5.27. The lowest BCUT2D eigenvalue weighted by molar-refractivity contribution is -0.154. The highest BCUT2D eigenvalue weighted by atomic mass is 19.1. The number of carbonyl (C=O) groups is 2. The molecule has 6 nitrogen and oxygen atoms in total. The van der Waals surface area contributed by atoms with Crippen LogP contribution in [-0.2, 0) is 4.79 Å². The molecule has 1 N–H and O–H groups in total. The van der Waals surface area contributed by atoms with Crippen LogP contribution in [0.2, 0.25) is 0 Å². The molecule has 2 saturated heterocycles. The van der Waals surface area contributed by atoms with Gasteiger partial charge in [0.05, 0.1) is 6.04 Å². The van der Waals surface area contributed by atoms with Crippen molar-refractivity contribution in [3.63, 3.8) is 0 Å². The molecule has 0 aromatic heterocycles. The van der Waals surface area contributed by atoms with Crippen molar-refractivity contribution in [3.05, 3.63) is 35.6 Å². The summed E-state index contributed by atoms with van der Waals surface area (Å²) >= 11 is 0. The van der Waals surface area contributed by atoms with Gasteiger partial charge in [-0.05, 0) is 30.5 Å². The number of aliphatic hydroxyl groups is 1. The van der Waals surface area contributed by atoms with Gasteiger partial charge in [0, 0.05) is 45.6 Å². The van der Waals surface area contributed by atoms with Crippen LogP contribution in [0.5, 0.6) is 0 Å². The van der Waals surface area contributed by atoms with Gasteiger partial charge in [-0.2, -0.15) is 0 Å². The molecule has 7 heteroatoms. The fraction of sp³-hybridized carbons (Fsp3) is 0.636. The van der Waals surface area contributed by atoms with Crippen LogP contribution in [-0.4, -0.2) is 71.1 Å². The first-order chi connectivity index (χ1) is 13.8.